The molecule has 0 aliphatic heterocycles. The van der Waals surface area contributed by atoms with Crippen LogP contribution in [0.3, 0.4) is 0 Å². The molecule has 7 heteroatoms. The maximum Gasteiger partial charge on any atom is 0.261 e. The molecular formula is C30H34Cl2N2O3. The smallest absolute Gasteiger partial charge is 0.261 e. The molecule has 3 aromatic rings. The molecule has 0 heterocycles. The Morgan fingerprint density at radius 2 is 1.62 bits per heavy atom. The number of aryl methyl sites for hydroxylation is 2. The molecule has 3 aromatic carbocycles. The van der Waals surface area contributed by atoms with Gasteiger partial charge in [0.15, 0.2) is 6.61 Å². The third-order valence-corrected chi connectivity index (χ3v) is 6.74. The summed E-state index contributed by atoms with van der Waals surface area (Å²) in [4.78, 5) is 28.8. The van der Waals surface area contributed by atoms with Crippen LogP contribution in [0.5, 0.6) is 5.75 Å². The Labute approximate surface area is 229 Å². The lowest BCUT2D eigenvalue weighted by Gasteiger charge is -2.32. The number of nitrogens with zero attached hydrogens (tertiary/aromatic N) is 1. The lowest BCUT2D eigenvalue weighted by molar-refractivity contribution is -0.142. The molecule has 0 radical (unpaired) electrons. The number of carbonyl (C=O) groups is 2. The average Bonchev–Trinajstić information content (AvgIpc) is 2.86. The number of nitrogens with one attached hydrogen (secondary N) is 1. The van der Waals surface area contributed by atoms with Gasteiger partial charge in [0.1, 0.15) is 11.8 Å². The van der Waals surface area contributed by atoms with Crippen LogP contribution in [0.4, 0.5) is 0 Å². The van der Waals surface area contributed by atoms with Crippen molar-refractivity contribution in [3.8, 4) is 5.75 Å². The lowest BCUT2D eigenvalue weighted by Crippen LogP contribution is -2.52. The third-order valence-electron chi connectivity index (χ3n) is 6.03. The van der Waals surface area contributed by atoms with Gasteiger partial charge >= 0.3 is 0 Å². The van der Waals surface area contributed by atoms with Crippen LogP contribution >= 0.6 is 23.2 Å². The molecule has 0 spiro atoms. The summed E-state index contributed by atoms with van der Waals surface area (Å²) in [6, 6.07) is 19.8. The van der Waals surface area contributed by atoms with Crippen molar-refractivity contribution in [1.82, 2.24) is 10.2 Å². The second kappa shape index (κ2) is 13.5. The second-order valence-electron chi connectivity index (χ2n) is 9.62. The highest BCUT2D eigenvalue weighted by molar-refractivity contribution is 6.36. The molecule has 3 rings (SSSR count). The van der Waals surface area contributed by atoms with E-state index in [1.807, 2.05) is 76.2 Å². The van der Waals surface area contributed by atoms with Crippen molar-refractivity contribution < 1.29 is 14.3 Å². The third kappa shape index (κ3) is 8.24. The fourth-order valence-electron chi connectivity index (χ4n) is 4.01. The highest BCUT2D eigenvalue weighted by atomic mass is 35.5. The standard InChI is InChI=1S/C30H34Cl2N2O3/c1-20(2)17-33-30(36)27(16-23-9-6-5-7-10-23)34(18-24-25(31)11-8-12-26(24)32)29(35)19-37-28-14-13-21(3)15-22(28)4/h5-15,20,27H,16-19H2,1-4H3,(H,33,36). The predicted octanol–water partition coefficient (Wildman–Crippen LogP) is 6.40. The van der Waals surface area contributed by atoms with E-state index in [2.05, 4.69) is 5.32 Å². The fraction of sp³-hybridized carbons (Fsp3) is 0.333. The first kappa shape index (κ1) is 28.5. The Bertz CT molecular complexity index is 1190. The van der Waals surface area contributed by atoms with E-state index < -0.39 is 6.04 Å². The zero-order chi connectivity index (χ0) is 26.9. The molecule has 0 aromatic heterocycles. The first-order valence-corrected chi connectivity index (χ1v) is 13.1. The van der Waals surface area contributed by atoms with Crippen molar-refractivity contribution in [2.75, 3.05) is 13.2 Å². The van der Waals surface area contributed by atoms with Gasteiger partial charge in [0, 0.05) is 35.1 Å². The minimum absolute atomic E-state index is 0.0696. The van der Waals surface area contributed by atoms with Crippen molar-refractivity contribution in [3.63, 3.8) is 0 Å². The summed E-state index contributed by atoms with van der Waals surface area (Å²) < 4.78 is 5.92. The molecule has 2 amide bonds. The first-order chi connectivity index (χ1) is 17.7. The molecule has 0 aliphatic rings. The largest absolute Gasteiger partial charge is 0.483 e. The lowest BCUT2D eigenvalue weighted by atomic mass is 10.0. The molecule has 37 heavy (non-hydrogen) atoms. The molecule has 5 nitrogen and oxygen atoms in total. The summed E-state index contributed by atoms with van der Waals surface area (Å²) in [5.41, 5.74) is 3.56. The van der Waals surface area contributed by atoms with Gasteiger partial charge in [-0.1, -0.05) is 91.1 Å². The van der Waals surface area contributed by atoms with E-state index in [4.69, 9.17) is 27.9 Å². The Hall–Kier alpha value is -3.02. The summed E-state index contributed by atoms with van der Waals surface area (Å²) in [5, 5.41) is 3.87. The Morgan fingerprint density at radius 3 is 2.24 bits per heavy atom. The minimum atomic E-state index is -0.788. The maximum absolute atomic E-state index is 13.7. The average molecular weight is 542 g/mol. The van der Waals surface area contributed by atoms with Crippen LogP contribution in [-0.2, 0) is 22.6 Å². The van der Waals surface area contributed by atoms with Crippen LogP contribution in [0.2, 0.25) is 10.0 Å². The van der Waals surface area contributed by atoms with Crippen LogP contribution < -0.4 is 10.1 Å². The zero-order valence-electron chi connectivity index (χ0n) is 21.8. The highest BCUT2D eigenvalue weighted by Gasteiger charge is 2.31. The molecule has 0 fully saturated rings. The molecule has 0 aliphatic carbocycles. The number of hydrogen-bond donors (Lipinski definition) is 1. The van der Waals surface area contributed by atoms with E-state index in [1.54, 1.807) is 18.2 Å². The molecule has 1 N–H and O–H groups in total. The minimum Gasteiger partial charge on any atom is -0.483 e. The topological polar surface area (TPSA) is 58.6 Å². The number of carbonyl (C=O) groups excluding carboxylic acids is 2. The Kier molecular flexibility index (Phi) is 10.4. The van der Waals surface area contributed by atoms with Gasteiger partial charge in [0.2, 0.25) is 5.91 Å². The number of ether oxygens (including phenoxy) is 1. The van der Waals surface area contributed by atoms with E-state index in [9.17, 15) is 9.59 Å². The summed E-state index contributed by atoms with van der Waals surface area (Å²) in [7, 11) is 0. The van der Waals surface area contributed by atoms with Crippen LogP contribution in [0.1, 0.15) is 36.1 Å². The summed E-state index contributed by atoms with van der Waals surface area (Å²) in [6.45, 7) is 8.33. The van der Waals surface area contributed by atoms with Crippen molar-refractivity contribution in [1.29, 1.82) is 0 Å². The van der Waals surface area contributed by atoms with Crippen molar-refractivity contribution in [2.24, 2.45) is 5.92 Å². The van der Waals surface area contributed by atoms with Crippen LogP contribution in [0.25, 0.3) is 0 Å². The van der Waals surface area contributed by atoms with E-state index in [-0.39, 0.29) is 30.9 Å². The van der Waals surface area contributed by atoms with Gasteiger partial charge < -0.3 is 15.0 Å². The molecule has 0 saturated heterocycles. The van der Waals surface area contributed by atoms with Gasteiger partial charge in [-0.25, -0.2) is 0 Å². The monoisotopic (exact) mass is 540 g/mol. The number of benzene rings is 3. The summed E-state index contributed by atoms with van der Waals surface area (Å²) in [6.07, 6.45) is 0.335. The van der Waals surface area contributed by atoms with E-state index in [1.165, 1.54) is 4.90 Å². The molecular weight excluding hydrogens is 507 g/mol. The molecule has 1 atom stereocenters. The fourth-order valence-corrected chi connectivity index (χ4v) is 4.53. The van der Waals surface area contributed by atoms with E-state index in [0.717, 1.165) is 16.7 Å². The summed E-state index contributed by atoms with van der Waals surface area (Å²) in [5.74, 6) is 0.312. The number of halogens is 2. The highest BCUT2D eigenvalue weighted by Crippen LogP contribution is 2.27. The van der Waals surface area contributed by atoms with E-state index >= 15 is 0 Å². The van der Waals surface area contributed by atoms with Crippen LogP contribution in [-0.4, -0.2) is 35.9 Å². The van der Waals surface area contributed by atoms with Crippen LogP contribution in [0, 0.1) is 19.8 Å². The molecule has 1 unspecified atom stereocenters. The quantitative estimate of drug-likeness (QED) is 0.306. The van der Waals surface area contributed by atoms with Crippen molar-refractivity contribution in [2.45, 2.75) is 46.7 Å². The predicted molar refractivity (Wildman–Crippen MR) is 150 cm³/mol. The van der Waals surface area contributed by atoms with Gasteiger partial charge in [0.25, 0.3) is 5.91 Å². The van der Waals surface area contributed by atoms with Gasteiger partial charge in [-0.15, -0.1) is 0 Å². The maximum atomic E-state index is 13.7. The Balaban J connectivity index is 1.96. The van der Waals surface area contributed by atoms with Crippen LogP contribution in [0.15, 0.2) is 66.7 Å². The number of rotatable bonds is 11. The number of hydrogen-bond acceptors (Lipinski definition) is 3. The summed E-state index contributed by atoms with van der Waals surface area (Å²) >= 11 is 13.0. The van der Waals surface area contributed by atoms with Gasteiger partial charge in [-0.2, -0.15) is 0 Å². The van der Waals surface area contributed by atoms with Crippen molar-refractivity contribution in [3.05, 3.63) is 99.0 Å². The molecule has 0 saturated carbocycles. The van der Waals surface area contributed by atoms with Gasteiger partial charge in [-0.3, -0.25) is 9.59 Å². The van der Waals surface area contributed by atoms with E-state index in [0.29, 0.717) is 34.3 Å². The normalized spacial score (nSPS) is 11.8. The van der Waals surface area contributed by atoms with Crippen molar-refractivity contribution >= 4 is 35.0 Å². The Morgan fingerprint density at radius 1 is 0.946 bits per heavy atom. The zero-order valence-corrected chi connectivity index (χ0v) is 23.3. The SMILES string of the molecule is Cc1ccc(OCC(=O)N(Cc2c(Cl)cccc2Cl)C(Cc2ccccc2)C(=O)NCC(C)C)c(C)c1. The molecule has 0 bridgehead atoms. The van der Waals surface area contributed by atoms with Gasteiger partial charge in [0.05, 0.1) is 0 Å². The molecule has 196 valence electrons. The second-order valence-corrected chi connectivity index (χ2v) is 10.4. The van der Waals surface area contributed by atoms with Gasteiger partial charge in [-0.05, 0) is 49.1 Å². The first-order valence-electron chi connectivity index (χ1n) is 12.4. The number of amides is 2.